The van der Waals surface area contributed by atoms with Crippen molar-refractivity contribution in [3.05, 3.63) is 76.7 Å². The molecule has 0 aliphatic carbocycles. The van der Waals surface area contributed by atoms with Crippen LogP contribution in [0.5, 0.6) is 5.75 Å². The molecule has 0 aliphatic rings. The van der Waals surface area contributed by atoms with Crippen LogP contribution in [0.4, 0.5) is 5.69 Å². The lowest BCUT2D eigenvalue weighted by atomic mass is 10.2. The first-order chi connectivity index (χ1) is 16.2. The predicted molar refractivity (Wildman–Crippen MR) is 124 cm³/mol. The summed E-state index contributed by atoms with van der Waals surface area (Å²) < 4.78 is 16.0. The van der Waals surface area contributed by atoms with Gasteiger partial charge >= 0.3 is 5.97 Å². The molecule has 0 saturated heterocycles. The molecule has 0 fully saturated rings. The minimum Gasteiger partial charge on any atom is -0.489 e. The van der Waals surface area contributed by atoms with Crippen LogP contribution in [-0.4, -0.2) is 48.0 Å². The first-order valence-electron chi connectivity index (χ1n) is 10.6. The molecule has 3 aromatic rings. The Labute approximate surface area is 197 Å². The number of amides is 2. The number of benzene rings is 2. The van der Waals surface area contributed by atoms with E-state index < -0.39 is 18.5 Å². The summed E-state index contributed by atoms with van der Waals surface area (Å²) in [4.78, 5) is 38.1. The van der Waals surface area contributed by atoms with Crippen molar-refractivity contribution in [2.75, 3.05) is 25.5 Å². The third kappa shape index (κ3) is 6.68. The van der Waals surface area contributed by atoms with Crippen molar-refractivity contribution in [2.45, 2.75) is 27.4 Å². The Morgan fingerprint density at radius 2 is 1.79 bits per heavy atom. The fraction of sp³-hybridized carbons (Fsp3) is 0.280. The van der Waals surface area contributed by atoms with Gasteiger partial charge in [0.15, 0.2) is 6.61 Å². The van der Waals surface area contributed by atoms with E-state index in [4.69, 9.17) is 14.0 Å². The lowest BCUT2D eigenvalue weighted by Gasteiger charge is -2.17. The van der Waals surface area contributed by atoms with Gasteiger partial charge in [-0.3, -0.25) is 9.59 Å². The van der Waals surface area contributed by atoms with Crippen LogP contribution in [0.15, 0.2) is 53.1 Å². The van der Waals surface area contributed by atoms with Crippen molar-refractivity contribution in [1.82, 2.24) is 10.1 Å². The summed E-state index contributed by atoms with van der Waals surface area (Å²) in [6.07, 6.45) is 0. The fourth-order valence-corrected chi connectivity index (χ4v) is 3.04. The van der Waals surface area contributed by atoms with Crippen molar-refractivity contribution in [3.63, 3.8) is 0 Å². The van der Waals surface area contributed by atoms with Crippen LogP contribution in [0, 0.1) is 20.8 Å². The maximum Gasteiger partial charge on any atom is 0.338 e. The van der Waals surface area contributed by atoms with Crippen molar-refractivity contribution in [2.24, 2.45) is 0 Å². The Morgan fingerprint density at radius 3 is 2.47 bits per heavy atom. The minimum absolute atomic E-state index is 0.171. The summed E-state index contributed by atoms with van der Waals surface area (Å²) in [6.45, 7) is 5.15. The molecule has 2 aromatic carbocycles. The van der Waals surface area contributed by atoms with E-state index in [-0.39, 0.29) is 24.6 Å². The molecule has 1 aromatic heterocycles. The van der Waals surface area contributed by atoms with E-state index in [9.17, 15) is 14.4 Å². The quantitative estimate of drug-likeness (QED) is 0.482. The summed E-state index contributed by atoms with van der Waals surface area (Å²) in [6, 6.07) is 13.8. The largest absolute Gasteiger partial charge is 0.489 e. The summed E-state index contributed by atoms with van der Waals surface area (Å²) >= 11 is 0. The van der Waals surface area contributed by atoms with E-state index in [1.807, 2.05) is 26.0 Å². The standard InChI is InChI=1S/C25H27N3O6/c1-16-8-10-20(11-9-16)26-23(29)13-28(4)24(30)15-33-25(31)19-6-5-7-21(12-19)32-14-22-17(2)27-34-18(22)3/h5-12H,13-15H2,1-4H3,(H,26,29). The first-order valence-corrected chi connectivity index (χ1v) is 10.6. The highest BCUT2D eigenvalue weighted by Crippen LogP contribution is 2.19. The van der Waals surface area contributed by atoms with Gasteiger partial charge in [-0.25, -0.2) is 4.79 Å². The average Bonchev–Trinajstić information content (AvgIpc) is 3.14. The maximum atomic E-state index is 12.4. The maximum absolute atomic E-state index is 12.4. The lowest BCUT2D eigenvalue weighted by molar-refractivity contribution is -0.136. The molecular formula is C25H27N3O6. The highest BCUT2D eigenvalue weighted by Gasteiger charge is 2.17. The van der Waals surface area contributed by atoms with Gasteiger partial charge in [0, 0.05) is 12.7 Å². The fourth-order valence-electron chi connectivity index (χ4n) is 3.04. The van der Waals surface area contributed by atoms with E-state index in [2.05, 4.69) is 10.5 Å². The molecule has 178 valence electrons. The van der Waals surface area contributed by atoms with Gasteiger partial charge in [0.2, 0.25) is 5.91 Å². The molecule has 9 nitrogen and oxygen atoms in total. The predicted octanol–water partition coefficient (Wildman–Crippen LogP) is 3.43. The third-order valence-electron chi connectivity index (χ3n) is 5.10. The van der Waals surface area contributed by atoms with Gasteiger partial charge in [-0.15, -0.1) is 0 Å². The minimum atomic E-state index is -0.673. The van der Waals surface area contributed by atoms with E-state index >= 15 is 0 Å². The molecule has 1 heterocycles. The molecule has 2 amide bonds. The van der Waals surface area contributed by atoms with Crippen molar-refractivity contribution < 1.29 is 28.4 Å². The summed E-state index contributed by atoms with van der Waals surface area (Å²) in [5, 5.41) is 6.60. The van der Waals surface area contributed by atoms with E-state index in [1.54, 1.807) is 37.3 Å². The zero-order valence-corrected chi connectivity index (χ0v) is 19.6. The molecule has 34 heavy (non-hydrogen) atoms. The van der Waals surface area contributed by atoms with Gasteiger partial charge in [-0.1, -0.05) is 28.9 Å². The number of aryl methyl sites for hydroxylation is 3. The van der Waals surface area contributed by atoms with Crippen LogP contribution >= 0.6 is 0 Å². The highest BCUT2D eigenvalue weighted by molar-refractivity contribution is 5.95. The topological polar surface area (TPSA) is 111 Å². The summed E-state index contributed by atoms with van der Waals surface area (Å²) in [5.74, 6) is -0.394. The number of rotatable bonds is 9. The summed E-state index contributed by atoms with van der Waals surface area (Å²) in [7, 11) is 1.47. The molecule has 0 unspecified atom stereocenters. The normalized spacial score (nSPS) is 10.5. The second kappa shape index (κ2) is 11.1. The first kappa shape index (κ1) is 24.5. The molecule has 0 aliphatic heterocycles. The molecule has 9 heteroatoms. The van der Waals surface area contributed by atoms with Crippen molar-refractivity contribution in [3.8, 4) is 5.75 Å². The number of hydrogen-bond donors (Lipinski definition) is 1. The summed E-state index contributed by atoms with van der Waals surface area (Å²) in [5.41, 5.74) is 3.53. The monoisotopic (exact) mass is 465 g/mol. The zero-order chi connectivity index (χ0) is 24.7. The third-order valence-corrected chi connectivity index (χ3v) is 5.10. The number of carbonyl (C=O) groups excluding carboxylic acids is 3. The number of hydrogen-bond acceptors (Lipinski definition) is 7. The molecule has 0 spiro atoms. The van der Waals surface area contributed by atoms with E-state index in [0.29, 0.717) is 17.2 Å². The number of carbonyl (C=O) groups is 3. The number of anilines is 1. The van der Waals surface area contributed by atoms with Crippen LogP contribution in [0.25, 0.3) is 0 Å². The van der Waals surface area contributed by atoms with Gasteiger partial charge < -0.3 is 24.2 Å². The molecule has 1 N–H and O–H groups in total. The Bertz CT molecular complexity index is 1150. The Hall–Kier alpha value is -4.14. The van der Waals surface area contributed by atoms with Gasteiger partial charge in [0.25, 0.3) is 5.91 Å². The zero-order valence-electron chi connectivity index (χ0n) is 19.6. The van der Waals surface area contributed by atoms with Crippen molar-refractivity contribution >= 4 is 23.5 Å². The van der Waals surface area contributed by atoms with E-state index in [0.717, 1.165) is 16.8 Å². The SMILES string of the molecule is Cc1ccc(NC(=O)CN(C)C(=O)COC(=O)c2cccc(OCc3c(C)noc3C)c2)cc1. The molecule has 0 saturated carbocycles. The average molecular weight is 466 g/mol. The molecule has 3 rings (SSSR count). The number of ether oxygens (including phenoxy) is 2. The van der Waals surface area contributed by atoms with Crippen LogP contribution in [0.3, 0.4) is 0 Å². The number of nitrogens with zero attached hydrogens (tertiary/aromatic N) is 2. The Morgan fingerprint density at radius 1 is 1.06 bits per heavy atom. The van der Waals surface area contributed by atoms with Gasteiger partial charge in [-0.05, 0) is 51.1 Å². The molecule has 0 bridgehead atoms. The molecule has 0 radical (unpaired) electrons. The number of nitrogens with one attached hydrogen (secondary N) is 1. The van der Waals surface area contributed by atoms with Crippen LogP contribution in [0.1, 0.15) is 32.9 Å². The second-order valence-corrected chi connectivity index (χ2v) is 7.86. The Kier molecular flexibility index (Phi) is 8.02. The van der Waals surface area contributed by atoms with E-state index in [1.165, 1.54) is 18.0 Å². The van der Waals surface area contributed by atoms with Crippen LogP contribution in [0.2, 0.25) is 0 Å². The Balaban J connectivity index is 1.47. The number of aromatic nitrogens is 1. The second-order valence-electron chi connectivity index (χ2n) is 7.86. The van der Waals surface area contributed by atoms with Gasteiger partial charge in [0.05, 0.1) is 23.4 Å². The van der Waals surface area contributed by atoms with Crippen LogP contribution < -0.4 is 10.1 Å². The van der Waals surface area contributed by atoms with Gasteiger partial charge in [-0.2, -0.15) is 0 Å². The highest BCUT2D eigenvalue weighted by atomic mass is 16.5. The lowest BCUT2D eigenvalue weighted by Crippen LogP contribution is -2.37. The number of esters is 1. The van der Waals surface area contributed by atoms with Gasteiger partial charge in [0.1, 0.15) is 18.1 Å². The smallest absolute Gasteiger partial charge is 0.338 e. The molecular weight excluding hydrogens is 438 g/mol. The van der Waals surface area contributed by atoms with Crippen molar-refractivity contribution in [1.29, 1.82) is 0 Å². The number of likely N-dealkylation sites (N-methyl/N-ethyl adjacent to an activating group) is 1. The molecule has 0 atom stereocenters. The van der Waals surface area contributed by atoms with Crippen LogP contribution in [-0.2, 0) is 20.9 Å².